The van der Waals surface area contributed by atoms with Crippen molar-refractivity contribution in [3.63, 3.8) is 0 Å². The van der Waals surface area contributed by atoms with Crippen molar-refractivity contribution in [2.45, 2.75) is 0 Å². The second kappa shape index (κ2) is 7.76. The molecule has 1 saturated heterocycles. The molecular formula is C25H21N5OS. The topological polar surface area (TPSA) is 61.4 Å². The van der Waals surface area contributed by atoms with Gasteiger partial charge in [0.1, 0.15) is 10.3 Å². The lowest BCUT2D eigenvalue weighted by Crippen LogP contribution is -2.50. The minimum Gasteiger partial charge on any atom is -0.368 e. The summed E-state index contributed by atoms with van der Waals surface area (Å²) in [7, 11) is 0. The quantitative estimate of drug-likeness (QED) is 0.403. The van der Waals surface area contributed by atoms with Gasteiger partial charge in [-0.05, 0) is 42.5 Å². The Morgan fingerprint density at radius 1 is 0.844 bits per heavy atom. The van der Waals surface area contributed by atoms with Crippen LogP contribution < -0.4 is 10.2 Å². The van der Waals surface area contributed by atoms with E-state index in [1.807, 2.05) is 65.6 Å². The summed E-state index contributed by atoms with van der Waals surface area (Å²) in [5, 5.41) is 4.10. The van der Waals surface area contributed by atoms with Crippen LogP contribution in [0.1, 0.15) is 0 Å². The molecule has 3 heterocycles. The van der Waals surface area contributed by atoms with Gasteiger partial charge in [0.15, 0.2) is 0 Å². The van der Waals surface area contributed by atoms with Crippen molar-refractivity contribution in [3.05, 3.63) is 72.8 Å². The number of hydrogen-bond acceptors (Lipinski definition) is 5. The zero-order chi connectivity index (χ0) is 21.5. The summed E-state index contributed by atoms with van der Waals surface area (Å²) in [5.74, 6) is 0. The third kappa shape index (κ3) is 3.40. The van der Waals surface area contributed by atoms with Crippen LogP contribution >= 0.6 is 11.3 Å². The highest BCUT2D eigenvalue weighted by molar-refractivity contribution is 7.25. The molecule has 1 fully saturated rings. The molecule has 2 amide bonds. The van der Waals surface area contributed by atoms with Gasteiger partial charge in [-0.1, -0.05) is 30.3 Å². The standard InChI is InChI=1S/C25H21N5OS/c31-25(30-14-12-29(13-15-30)18-6-2-1-3-7-18)26-17-10-11-22-19(16-17)23-24(32-22)28-21-9-5-4-8-20(21)27-23/h1-11,16H,12-15H2,(H,26,31). The molecule has 1 aliphatic rings. The first-order valence-electron chi connectivity index (χ1n) is 10.7. The number of carbonyl (C=O) groups excluding carboxylic acids is 1. The summed E-state index contributed by atoms with van der Waals surface area (Å²) in [6.45, 7) is 3.05. The first-order valence-corrected chi connectivity index (χ1v) is 11.5. The van der Waals surface area contributed by atoms with E-state index in [1.54, 1.807) is 11.3 Å². The molecule has 1 N–H and O–H groups in total. The molecule has 7 heteroatoms. The molecule has 3 aromatic carbocycles. The molecule has 0 spiro atoms. The Kier molecular flexibility index (Phi) is 4.61. The van der Waals surface area contributed by atoms with Crippen molar-refractivity contribution in [1.82, 2.24) is 14.9 Å². The zero-order valence-electron chi connectivity index (χ0n) is 17.4. The Labute approximate surface area is 189 Å². The number of para-hydroxylation sites is 3. The van der Waals surface area contributed by atoms with Crippen molar-refractivity contribution in [1.29, 1.82) is 0 Å². The van der Waals surface area contributed by atoms with E-state index in [0.717, 1.165) is 50.2 Å². The normalized spacial score (nSPS) is 14.4. The summed E-state index contributed by atoms with van der Waals surface area (Å²) < 4.78 is 1.12. The number of anilines is 2. The largest absolute Gasteiger partial charge is 0.368 e. The number of piperazine rings is 1. The van der Waals surface area contributed by atoms with E-state index in [0.29, 0.717) is 13.1 Å². The van der Waals surface area contributed by atoms with Crippen LogP contribution in [-0.2, 0) is 0 Å². The number of rotatable bonds is 2. The molecule has 6 rings (SSSR count). The van der Waals surface area contributed by atoms with Gasteiger partial charge in [0.25, 0.3) is 0 Å². The van der Waals surface area contributed by atoms with E-state index in [2.05, 4.69) is 22.3 Å². The van der Waals surface area contributed by atoms with Crippen LogP contribution in [0, 0.1) is 0 Å². The highest BCUT2D eigenvalue weighted by atomic mass is 32.1. The van der Waals surface area contributed by atoms with Crippen molar-refractivity contribution >= 4 is 60.2 Å². The van der Waals surface area contributed by atoms with Crippen LogP contribution in [0.3, 0.4) is 0 Å². The van der Waals surface area contributed by atoms with E-state index in [-0.39, 0.29) is 6.03 Å². The lowest BCUT2D eigenvalue weighted by atomic mass is 10.2. The van der Waals surface area contributed by atoms with E-state index < -0.39 is 0 Å². The molecule has 0 saturated carbocycles. The van der Waals surface area contributed by atoms with Crippen LogP contribution in [0.15, 0.2) is 72.8 Å². The van der Waals surface area contributed by atoms with Crippen molar-refractivity contribution in [3.8, 4) is 0 Å². The molecule has 0 radical (unpaired) electrons. The van der Waals surface area contributed by atoms with Crippen LogP contribution in [0.2, 0.25) is 0 Å². The maximum absolute atomic E-state index is 12.9. The minimum atomic E-state index is -0.0619. The predicted molar refractivity (Wildman–Crippen MR) is 132 cm³/mol. The fourth-order valence-corrected chi connectivity index (χ4v) is 5.23. The average molecular weight is 440 g/mol. The van der Waals surface area contributed by atoms with Crippen molar-refractivity contribution in [2.24, 2.45) is 0 Å². The van der Waals surface area contributed by atoms with Gasteiger partial charge in [-0.15, -0.1) is 11.3 Å². The van der Waals surface area contributed by atoms with Gasteiger partial charge in [0.05, 0.1) is 11.0 Å². The average Bonchev–Trinajstić information content (AvgIpc) is 3.20. The van der Waals surface area contributed by atoms with Gasteiger partial charge in [-0.25, -0.2) is 14.8 Å². The maximum Gasteiger partial charge on any atom is 0.321 e. The van der Waals surface area contributed by atoms with E-state index in [4.69, 9.17) is 9.97 Å². The monoisotopic (exact) mass is 439 g/mol. The van der Waals surface area contributed by atoms with Gasteiger partial charge in [-0.2, -0.15) is 0 Å². The fourth-order valence-electron chi connectivity index (χ4n) is 4.23. The Bertz CT molecular complexity index is 1440. The summed E-state index contributed by atoms with van der Waals surface area (Å²) >= 11 is 1.63. The Morgan fingerprint density at radius 2 is 1.56 bits per heavy atom. The molecule has 32 heavy (non-hydrogen) atoms. The van der Waals surface area contributed by atoms with Gasteiger partial charge >= 0.3 is 6.03 Å². The van der Waals surface area contributed by atoms with Gasteiger partial charge in [0, 0.05) is 47.6 Å². The molecule has 5 aromatic rings. The number of nitrogens with zero attached hydrogens (tertiary/aromatic N) is 4. The highest BCUT2D eigenvalue weighted by Gasteiger charge is 2.21. The molecule has 0 unspecified atom stereocenters. The van der Waals surface area contributed by atoms with Crippen molar-refractivity contribution < 1.29 is 4.79 Å². The second-order valence-corrected chi connectivity index (χ2v) is 8.95. The number of nitrogens with one attached hydrogen (secondary N) is 1. The number of fused-ring (bicyclic) bond motifs is 4. The first kappa shape index (κ1) is 19.0. The smallest absolute Gasteiger partial charge is 0.321 e. The Hall–Kier alpha value is -3.71. The maximum atomic E-state index is 12.9. The SMILES string of the molecule is O=C(Nc1ccc2sc3nc4ccccc4nc3c2c1)N1CCN(c2ccccc2)CC1. The molecule has 0 bridgehead atoms. The number of urea groups is 1. The number of aromatic nitrogens is 2. The highest BCUT2D eigenvalue weighted by Crippen LogP contribution is 2.34. The summed E-state index contributed by atoms with van der Waals surface area (Å²) in [6, 6.07) is 24.2. The van der Waals surface area contributed by atoms with Gasteiger partial charge in [0.2, 0.25) is 0 Å². The van der Waals surface area contributed by atoms with Crippen LogP contribution in [0.4, 0.5) is 16.2 Å². The number of hydrogen-bond donors (Lipinski definition) is 1. The minimum absolute atomic E-state index is 0.0619. The van der Waals surface area contributed by atoms with E-state index in [1.165, 1.54) is 5.69 Å². The zero-order valence-corrected chi connectivity index (χ0v) is 18.2. The first-order chi connectivity index (χ1) is 15.7. The third-order valence-electron chi connectivity index (χ3n) is 5.92. The molecular weight excluding hydrogens is 418 g/mol. The van der Waals surface area contributed by atoms with Gasteiger partial charge < -0.3 is 15.1 Å². The van der Waals surface area contributed by atoms with E-state index >= 15 is 0 Å². The number of carbonyl (C=O) groups is 1. The summed E-state index contributed by atoms with van der Waals surface area (Å²) in [5.41, 5.74) is 4.65. The molecule has 2 aromatic heterocycles. The van der Waals surface area contributed by atoms with Crippen LogP contribution in [0.5, 0.6) is 0 Å². The Morgan fingerprint density at radius 3 is 2.34 bits per heavy atom. The Balaban J connectivity index is 1.21. The van der Waals surface area contributed by atoms with Crippen LogP contribution in [0.25, 0.3) is 31.5 Å². The van der Waals surface area contributed by atoms with E-state index in [9.17, 15) is 4.79 Å². The van der Waals surface area contributed by atoms with Crippen LogP contribution in [-0.4, -0.2) is 47.1 Å². The summed E-state index contributed by atoms with van der Waals surface area (Å²) in [4.78, 5) is 27.6. The fraction of sp³-hybridized carbons (Fsp3) is 0.160. The predicted octanol–water partition coefficient (Wildman–Crippen LogP) is 5.35. The third-order valence-corrected chi connectivity index (χ3v) is 6.97. The lowest BCUT2D eigenvalue weighted by molar-refractivity contribution is 0.208. The van der Waals surface area contributed by atoms with Crippen molar-refractivity contribution in [2.75, 3.05) is 36.4 Å². The number of benzene rings is 3. The molecule has 0 aliphatic carbocycles. The number of amides is 2. The van der Waals surface area contributed by atoms with Gasteiger partial charge in [-0.3, -0.25) is 0 Å². The second-order valence-electron chi connectivity index (χ2n) is 7.92. The molecule has 0 atom stereocenters. The lowest BCUT2D eigenvalue weighted by Gasteiger charge is -2.36. The number of thiophene rings is 1. The molecule has 6 nitrogen and oxygen atoms in total. The summed E-state index contributed by atoms with van der Waals surface area (Å²) in [6.07, 6.45) is 0. The molecule has 158 valence electrons. The molecule has 1 aliphatic heterocycles.